The molecule has 0 fully saturated rings. The predicted molar refractivity (Wildman–Crippen MR) is 110 cm³/mol. The minimum atomic E-state index is -0.721. The lowest BCUT2D eigenvalue weighted by atomic mass is 9.94. The summed E-state index contributed by atoms with van der Waals surface area (Å²) in [5.41, 5.74) is 1.80. The first-order chi connectivity index (χ1) is 12.9. The van der Waals surface area contributed by atoms with Gasteiger partial charge in [-0.3, -0.25) is 4.79 Å². The Kier molecular flexibility index (Phi) is 5.76. The van der Waals surface area contributed by atoms with Crippen LogP contribution in [0.25, 0.3) is 0 Å². The average molecular weight is 450 g/mol. The molecule has 0 aromatic heterocycles. The lowest BCUT2D eigenvalue weighted by molar-refractivity contribution is -0.113. The van der Waals surface area contributed by atoms with E-state index in [0.29, 0.717) is 37.9 Å². The maximum atomic E-state index is 14.5. The molecule has 0 radical (unpaired) electrons. The second kappa shape index (κ2) is 8.06. The van der Waals surface area contributed by atoms with Gasteiger partial charge in [-0.25, -0.2) is 4.39 Å². The molecule has 2 aromatic carbocycles. The number of methoxy groups -OCH3 is 1. The van der Waals surface area contributed by atoms with Crippen molar-refractivity contribution >= 4 is 44.9 Å². The Morgan fingerprint density at radius 3 is 2.81 bits per heavy atom. The van der Waals surface area contributed by atoms with Crippen molar-refractivity contribution in [3.63, 3.8) is 0 Å². The zero-order valence-electron chi connectivity index (χ0n) is 14.6. The van der Waals surface area contributed by atoms with Gasteiger partial charge in [-0.2, -0.15) is 0 Å². The number of thiocarbonyl (C=S) groups is 1. The quantitative estimate of drug-likeness (QED) is 0.615. The average Bonchev–Trinajstić information content (AvgIpc) is 2.63. The van der Waals surface area contributed by atoms with Crippen LogP contribution < -0.4 is 20.7 Å². The van der Waals surface area contributed by atoms with Gasteiger partial charge in [0, 0.05) is 27.5 Å². The Morgan fingerprint density at radius 2 is 2.07 bits per heavy atom. The summed E-state index contributed by atoms with van der Waals surface area (Å²) in [7, 11) is 1.55. The molecule has 1 amide bonds. The molecule has 1 atom stereocenters. The number of hydrogen-bond donors (Lipinski definition) is 3. The largest absolute Gasteiger partial charge is 0.497 e. The third-order valence-corrected chi connectivity index (χ3v) is 4.82. The van der Waals surface area contributed by atoms with Crippen molar-refractivity contribution in [3.05, 3.63) is 69.6 Å². The fraction of sp³-hybridized carbons (Fsp3) is 0.158. The highest BCUT2D eigenvalue weighted by atomic mass is 79.9. The van der Waals surface area contributed by atoms with Gasteiger partial charge in [0.05, 0.1) is 18.7 Å². The number of halogens is 2. The van der Waals surface area contributed by atoms with E-state index < -0.39 is 11.9 Å². The van der Waals surface area contributed by atoms with Gasteiger partial charge in [0.15, 0.2) is 5.11 Å². The van der Waals surface area contributed by atoms with Crippen molar-refractivity contribution in [2.45, 2.75) is 13.0 Å². The summed E-state index contributed by atoms with van der Waals surface area (Å²) in [5.74, 6) is -0.179. The maximum absolute atomic E-state index is 14.5. The normalized spacial score (nSPS) is 16.4. The van der Waals surface area contributed by atoms with Crippen LogP contribution in [0.1, 0.15) is 18.5 Å². The van der Waals surface area contributed by atoms with Gasteiger partial charge in [0.1, 0.15) is 11.6 Å². The van der Waals surface area contributed by atoms with Crippen LogP contribution in [0.2, 0.25) is 0 Å². The van der Waals surface area contributed by atoms with E-state index in [4.69, 9.17) is 17.0 Å². The Bertz CT molecular complexity index is 948. The van der Waals surface area contributed by atoms with E-state index in [9.17, 15) is 9.18 Å². The molecule has 3 N–H and O–H groups in total. The van der Waals surface area contributed by atoms with Crippen molar-refractivity contribution in [2.75, 3.05) is 12.4 Å². The van der Waals surface area contributed by atoms with Gasteiger partial charge < -0.3 is 20.7 Å². The number of carbonyl (C=O) groups excluding carboxylic acids is 1. The lowest BCUT2D eigenvalue weighted by Gasteiger charge is -2.30. The number of nitrogens with one attached hydrogen (secondary N) is 3. The van der Waals surface area contributed by atoms with Crippen molar-refractivity contribution < 1.29 is 13.9 Å². The predicted octanol–water partition coefficient (Wildman–Crippen LogP) is 4.03. The Labute approximate surface area is 170 Å². The van der Waals surface area contributed by atoms with E-state index >= 15 is 0 Å². The molecule has 140 valence electrons. The molecule has 8 heteroatoms. The maximum Gasteiger partial charge on any atom is 0.255 e. The molecule has 0 saturated heterocycles. The van der Waals surface area contributed by atoms with E-state index in [2.05, 4.69) is 31.9 Å². The van der Waals surface area contributed by atoms with Crippen LogP contribution in [-0.2, 0) is 4.79 Å². The molecule has 0 bridgehead atoms. The molecule has 1 aliphatic heterocycles. The summed E-state index contributed by atoms with van der Waals surface area (Å²) < 4.78 is 20.4. The molecule has 3 rings (SSSR count). The summed E-state index contributed by atoms with van der Waals surface area (Å²) >= 11 is 8.55. The highest BCUT2D eigenvalue weighted by molar-refractivity contribution is 9.10. The molecule has 0 aliphatic carbocycles. The first-order valence-corrected chi connectivity index (χ1v) is 9.28. The molecule has 27 heavy (non-hydrogen) atoms. The lowest BCUT2D eigenvalue weighted by Crippen LogP contribution is -2.46. The fourth-order valence-electron chi connectivity index (χ4n) is 2.86. The van der Waals surface area contributed by atoms with Crippen molar-refractivity contribution in [2.24, 2.45) is 0 Å². The number of carbonyl (C=O) groups is 1. The van der Waals surface area contributed by atoms with Crippen LogP contribution in [-0.4, -0.2) is 18.1 Å². The summed E-state index contributed by atoms with van der Waals surface area (Å²) in [6.07, 6.45) is 0. The molecular weight excluding hydrogens is 433 g/mol. The molecule has 2 aromatic rings. The third kappa shape index (κ3) is 4.28. The second-order valence-corrected chi connectivity index (χ2v) is 7.25. The fourth-order valence-corrected chi connectivity index (χ4v) is 3.51. The van der Waals surface area contributed by atoms with E-state index in [1.807, 2.05) is 0 Å². The molecule has 1 unspecified atom stereocenters. The van der Waals surface area contributed by atoms with Gasteiger partial charge in [0.2, 0.25) is 0 Å². The van der Waals surface area contributed by atoms with Crippen molar-refractivity contribution in [1.29, 1.82) is 0 Å². The smallest absolute Gasteiger partial charge is 0.255 e. The molecule has 5 nitrogen and oxygen atoms in total. The third-order valence-electron chi connectivity index (χ3n) is 4.11. The number of anilines is 1. The Balaban J connectivity index is 1.98. The Hall–Kier alpha value is -2.45. The number of benzene rings is 2. The van der Waals surface area contributed by atoms with Crippen LogP contribution in [0.3, 0.4) is 0 Å². The molecule has 1 aliphatic rings. The monoisotopic (exact) mass is 449 g/mol. The zero-order valence-corrected chi connectivity index (χ0v) is 17.0. The molecule has 0 saturated carbocycles. The van der Waals surface area contributed by atoms with Gasteiger partial charge in [-0.15, -0.1) is 0 Å². The molecule has 0 spiro atoms. The van der Waals surface area contributed by atoms with Crippen LogP contribution in [0.15, 0.2) is 58.2 Å². The van der Waals surface area contributed by atoms with Gasteiger partial charge in [0.25, 0.3) is 5.91 Å². The van der Waals surface area contributed by atoms with E-state index in [1.54, 1.807) is 50.4 Å². The van der Waals surface area contributed by atoms with Crippen LogP contribution in [0.4, 0.5) is 10.1 Å². The van der Waals surface area contributed by atoms with E-state index in [0.717, 1.165) is 0 Å². The molecule has 1 heterocycles. The number of rotatable bonds is 4. The minimum Gasteiger partial charge on any atom is -0.497 e. The standard InChI is InChI=1S/C19H17BrFN3O2S/c1-10-16(18(25)23-12-4-3-5-13(9-12)26-2)17(24-19(27)22-10)14-8-11(20)6-7-15(14)21/h3-9,17H,1-2H3,(H,23,25)(H2,22,24,27). The SMILES string of the molecule is COc1cccc(NC(=O)C2=C(C)NC(=S)NC2c2cc(Br)ccc2F)c1. The van der Waals surface area contributed by atoms with Crippen molar-refractivity contribution in [3.8, 4) is 5.75 Å². The first-order valence-electron chi connectivity index (χ1n) is 8.07. The zero-order chi connectivity index (χ0) is 19.6. The van der Waals surface area contributed by atoms with E-state index in [-0.39, 0.29) is 5.91 Å². The topological polar surface area (TPSA) is 62.4 Å². The number of hydrogen-bond acceptors (Lipinski definition) is 3. The summed E-state index contributed by atoms with van der Waals surface area (Å²) in [6.45, 7) is 1.73. The second-order valence-electron chi connectivity index (χ2n) is 5.92. The first kappa shape index (κ1) is 19.3. The van der Waals surface area contributed by atoms with Gasteiger partial charge in [-0.05, 0) is 49.5 Å². The summed E-state index contributed by atoms with van der Waals surface area (Å²) in [4.78, 5) is 13.0. The number of ether oxygens (including phenoxy) is 1. The number of amides is 1. The van der Waals surface area contributed by atoms with Crippen molar-refractivity contribution in [1.82, 2.24) is 10.6 Å². The summed E-state index contributed by atoms with van der Waals surface area (Å²) in [6, 6.07) is 10.9. The molecular formula is C19H17BrFN3O2S. The Morgan fingerprint density at radius 1 is 1.30 bits per heavy atom. The summed E-state index contributed by atoms with van der Waals surface area (Å²) in [5, 5.41) is 9.08. The number of allylic oxidation sites excluding steroid dienone is 1. The highest BCUT2D eigenvalue weighted by Gasteiger charge is 2.31. The van der Waals surface area contributed by atoms with Crippen LogP contribution >= 0.6 is 28.1 Å². The van der Waals surface area contributed by atoms with Gasteiger partial charge >= 0.3 is 0 Å². The highest BCUT2D eigenvalue weighted by Crippen LogP contribution is 2.31. The minimum absolute atomic E-state index is 0.323. The van der Waals surface area contributed by atoms with Crippen LogP contribution in [0.5, 0.6) is 5.75 Å². The van der Waals surface area contributed by atoms with E-state index in [1.165, 1.54) is 6.07 Å². The van der Waals surface area contributed by atoms with Crippen LogP contribution in [0, 0.1) is 5.82 Å². The van der Waals surface area contributed by atoms with Gasteiger partial charge in [-0.1, -0.05) is 22.0 Å².